The molecular weight excluding hydrogens is 269 g/mol. The summed E-state index contributed by atoms with van der Waals surface area (Å²) in [6, 6.07) is 0. The Morgan fingerprint density at radius 2 is 1.57 bits per heavy atom. The Bertz CT molecular complexity index is 46.1. The van der Waals surface area contributed by atoms with Gasteiger partial charge in [0.2, 0.25) is 0 Å². The Morgan fingerprint density at radius 3 is 1.86 bits per heavy atom. The van der Waals surface area contributed by atoms with Crippen molar-refractivity contribution in [1.82, 2.24) is 0 Å². The molecule has 0 aromatic rings. The molecule has 1 aliphatic carbocycles. The minimum absolute atomic E-state index is 0.980. The maximum atomic E-state index is 2.72. The Morgan fingerprint density at radius 1 is 1.00 bits per heavy atom. The van der Waals surface area contributed by atoms with E-state index < -0.39 is 0 Å². The zero-order valence-electron chi connectivity index (χ0n) is 4.41. The first-order valence-electron chi connectivity index (χ1n) is 2.99. The fraction of sp³-hybridized carbons (Fsp3) is 1.00. The molecule has 0 atom stereocenters. The van der Waals surface area contributed by atoms with Gasteiger partial charge in [-0.1, -0.05) is 0 Å². The van der Waals surface area contributed by atoms with Gasteiger partial charge < -0.3 is 0 Å². The standard InChI is InChI=1S/C6H11.Au/c1-2-4-6-5-3-1;/h1H,2-6H2;. The molecule has 0 bridgehead atoms. The molecule has 1 aliphatic rings. The van der Waals surface area contributed by atoms with E-state index in [2.05, 4.69) is 21.1 Å². The predicted molar refractivity (Wildman–Crippen MR) is 26.8 cm³/mol. The molecule has 0 unspecified atom stereocenters. The summed E-state index contributed by atoms with van der Waals surface area (Å²) in [4.78, 5) is 0. The minimum atomic E-state index is 0.980. The van der Waals surface area contributed by atoms with Gasteiger partial charge in [0.25, 0.3) is 0 Å². The molecule has 7 heavy (non-hydrogen) atoms. The van der Waals surface area contributed by atoms with Crippen LogP contribution in [0.4, 0.5) is 0 Å². The van der Waals surface area contributed by atoms with Crippen LogP contribution in [0.3, 0.4) is 0 Å². The molecule has 1 fully saturated rings. The van der Waals surface area contributed by atoms with Gasteiger partial charge in [0.1, 0.15) is 0 Å². The molecule has 0 aromatic heterocycles. The average molecular weight is 280 g/mol. The van der Waals surface area contributed by atoms with Crippen molar-refractivity contribution in [2.24, 2.45) is 0 Å². The number of rotatable bonds is 0. The molecule has 0 N–H and O–H groups in total. The maximum absolute atomic E-state index is 2.72. The van der Waals surface area contributed by atoms with Gasteiger partial charge in [0.05, 0.1) is 0 Å². The number of hydrogen-bond donors (Lipinski definition) is 0. The number of hydrogen-bond acceptors (Lipinski definition) is 0. The van der Waals surface area contributed by atoms with Gasteiger partial charge in [-0.3, -0.25) is 0 Å². The van der Waals surface area contributed by atoms with E-state index in [1.807, 2.05) is 0 Å². The van der Waals surface area contributed by atoms with E-state index in [0.717, 1.165) is 4.14 Å². The van der Waals surface area contributed by atoms with E-state index in [0.29, 0.717) is 0 Å². The first-order chi connectivity index (χ1) is 3.39. The zero-order valence-corrected chi connectivity index (χ0v) is 6.58. The van der Waals surface area contributed by atoms with Crippen molar-refractivity contribution in [3.63, 3.8) is 0 Å². The Kier molecular flexibility index (Phi) is 2.44. The molecule has 0 amide bonds. The molecule has 1 heteroatoms. The second-order valence-electron chi connectivity index (χ2n) is 2.17. The molecule has 0 aromatic carbocycles. The summed E-state index contributed by atoms with van der Waals surface area (Å²) in [6.07, 6.45) is 7.35. The summed E-state index contributed by atoms with van der Waals surface area (Å²) in [5.74, 6) is 0. The Balaban J connectivity index is 2.12. The van der Waals surface area contributed by atoms with E-state index in [1.165, 1.54) is 32.1 Å². The first-order valence-corrected chi connectivity index (χ1v) is 4.24. The molecule has 46 valence electrons. The van der Waals surface area contributed by atoms with Crippen LogP contribution in [0.5, 0.6) is 0 Å². The van der Waals surface area contributed by atoms with Crippen LogP contribution in [-0.4, -0.2) is 0 Å². The van der Waals surface area contributed by atoms with Gasteiger partial charge in [0.15, 0.2) is 0 Å². The average Bonchev–Trinajstić information content (AvgIpc) is 1.69. The SMILES string of the molecule is [Au][CH]1CCCCC1. The molecule has 1 saturated carbocycles. The van der Waals surface area contributed by atoms with Crippen molar-refractivity contribution in [1.29, 1.82) is 0 Å². The van der Waals surface area contributed by atoms with Crippen LogP contribution in [0.1, 0.15) is 32.1 Å². The molecular formula is C6H11Au. The van der Waals surface area contributed by atoms with E-state index in [-0.39, 0.29) is 0 Å². The fourth-order valence-electron chi connectivity index (χ4n) is 1.02. The molecule has 0 nitrogen and oxygen atoms in total. The van der Waals surface area contributed by atoms with Gasteiger partial charge in [-0.15, -0.1) is 0 Å². The van der Waals surface area contributed by atoms with Crippen LogP contribution in [-0.2, 0) is 21.1 Å². The molecule has 0 aliphatic heterocycles. The topological polar surface area (TPSA) is 0 Å². The molecule has 0 radical (unpaired) electrons. The van der Waals surface area contributed by atoms with Crippen LogP contribution < -0.4 is 0 Å². The van der Waals surface area contributed by atoms with Crippen molar-refractivity contribution in [3.8, 4) is 0 Å². The summed E-state index contributed by atoms with van der Waals surface area (Å²) in [6.45, 7) is 0. The van der Waals surface area contributed by atoms with E-state index in [1.54, 1.807) is 0 Å². The Hall–Kier alpha value is 0.740. The van der Waals surface area contributed by atoms with Crippen molar-refractivity contribution in [2.45, 2.75) is 36.2 Å². The fourth-order valence-corrected chi connectivity index (χ4v) is 1.91. The zero-order chi connectivity index (χ0) is 5.11. The van der Waals surface area contributed by atoms with Crippen molar-refractivity contribution in [2.75, 3.05) is 0 Å². The van der Waals surface area contributed by atoms with Crippen molar-refractivity contribution < 1.29 is 21.1 Å². The molecule has 0 saturated heterocycles. The van der Waals surface area contributed by atoms with Crippen molar-refractivity contribution >= 4 is 0 Å². The quantitative estimate of drug-likeness (QED) is 0.597. The monoisotopic (exact) mass is 280 g/mol. The summed E-state index contributed by atoms with van der Waals surface area (Å²) in [5.41, 5.74) is 0. The van der Waals surface area contributed by atoms with Gasteiger partial charge in [-0.2, -0.15) is 0 Å². The van der Waals surface area contributed by atoms with E-state index >= 15 is 0 Å². The van der Waals surface area contributed by atoms with Gasteiger partial charge in [-0.25, -0.2) is 0 Å². The summed E-state index contributed by atoms with van der Waals surface area (Å²) < 4.78 is 0.980. The van der Waals surface area contributed by atoms with Crippen LogP contribution in [0.15, 0.2) is 0 Å². The first kappa shape index (κ1) is 5.87. The molecule has 0 heterocycles. The Labute approximate surface area is 57.6 Å². The third kappa shape index (κ3) is 1.98. The molecule has 1 rings (SSSR count). The van der Waals surface area contributed by atoms with Crippen LogP contribution in [0.2, 0.25) is 4.14 Å². The van der Waals surface area contributed by atoms with E-state index in [9.17, 15) is 0 Å². The van der Waals surface area contributed by atoms with Gasteiger partial charge in [-0.05, 0) is 0 Å². The van der Waals surface area contributed by atoms with E-state index in [4.69, 9.17) is 0 Å². The van der Waals surface area contributed by atoms with Crippen molar-refractivity contribution in [3.05, 3.63) is 0 Å². The summed E-state index contributed by atoms with van der Waals surface area (Å²) in [5, 5.41) is 0. The third-order valence-electron chi connectivity index (χ3n) is 1.49. The summed E-state index contributed by atoms with van der Waals surface area (Å²) in [7, 11) is 0. The third-order valence-corrected chi connectivity index (χ3v) is 2.74. The molecule has 0 spiro atoms. The normalized spacial score (nSPS) is 25.4. The second kappa shape index (κ2) is 2.91. The van der Waals surface area contributed by atoms with Crippen LogP contribution in [0, 0.1) is 0 Å². The van der Waals surface area contributed by atoms with Gasteiger partial charge >= 0.3 is 57.3 Å². The predicted octanol–water partition coefficient (Wildman–Crippen LogP) is 2.29. The second-order valence-corrected chi connectivity index (χ2v) is 3.94. The summed E-state index contributed by atoms with van der Waals surface area (Å²) >= 11 is 2.72. The van der Waals surface area contributed by atoms with Gasteiger partial charge in [0, 0.05) is 0 Å². The van der Waals surface area contributed by atoms with Crippen LogP contribution in [0.25, 0.3) is 0 Å². The van der Waals surface area contributed by atoms with Crippen LogP contribution >= 0.6 is 0 Å².